The van der Waals surface area contributed by atoms with Crippen molar-refractivity contribution in [2.45, 2.75) is 6.54 Å². The van der Waals surface area contributed by atoms with Gasteiger partial charge in [0.1, 0.15) is 0 Å². The van der Waals surface area contributed by atoms with Gasteiger partial charge >= 0.3 is 0 Å². The molecule has 0 unspecified atom stereocenters. The Bertz CT molecular complexity index is 1050. The normalized spacial score (nSPS) is 10.9. The summed E-state index contributed by atoms with van der Waals surface area (Å²) >= 11 is 12.1. The van der Waals surface area contributed by atoms with Crippen LogP contribution >= 0.6 is 23.2 Å². The summed E-state index contributed by atoms with van der Waals surface area (Å²) in [7, 11) is 3.08. The first-order chi connectivity index (χ1) is 14.0. The molecule has 0 saturated heterocycles. The molecule has 0 bridgehead atoms. The molecule has 7 nitrogen and oxygen atoms in total. The van der Waals surface area contributed by atoms with Gasteiger partial charge in [-0.25, -0.2) is 5.43 Å². The third-order valence-corrected chi connectivity index (χ3v) is 4.61. The van der Waals surface area contributed by atoms with Gasteiger partial charge in [0.2, 0.25) is 0 Å². The molecule has 0 saturated carbocycles. The number of rotatable bonds is 7. The Labute approximate surface area is 177 Å². The quantitative estimate of drug-likeness (QED) is 0.451. The molecule has 29 heavy (non-hydrogen) atoms. The molecule has 3 rings (SSSR count). The highest BCUT2D eigenvalue weighted by Crippen LogP contribution is 2.29. The van der Waals surface area contributed by atoms with Gasteiger partial charge in [-0.1, -0.05) is 35.3 Å². The molecule has 1 N–H and O–H groups in total. The lowest BCUT2D eigenvalue weighted by molar-refractivity contribution is 0.0949. The molecule has 3 aromatic rings. The molecule has 0 aliphatic carbocycles. The summed E-state index contributed by atoms with van der Waals surface area (Å²) in [5, 5.41) is 9.32. The first kappa shape index (κ1) is 20.7. The number of ether oxygens (including phenoxy) is 2. The maximum absolute atomic E-state index is 12.3. The maximum atomic E-state index is 12.3. The largest absolute Gasteiger partial charge is 0.493 e. The smallest absolute Gasteiger partial charge is 0.291 e. The van der Waals surface area contributed by atoms with Gasteiger partial charge in [-0.2, -0.15) is 10.2 Å². The Morgan fingerprint density at radius 2 is 2.03 bits per heavy atom. The number of hydrogen-bond donors (Lipinski definition) is 1. The molecular weight excluding hydrogens is 415 g/mol. The first-order valence-corrected chi connectivity index (χ1v) is 9.29. The molecule has 9 heteroatoms. The fourth-order valence-electron chi connectivity index (χ4n) is 2.63. The van der Waals surface area contributed by atoms with E-state index >= 15 is 0 Å². The zero-order valence-corrected chi connectivity index (χ0v) is 17.2. The van der Waals surface area contributed by atoms with Crippen LogP contribution in [0.4, 0.5) is 0 Å². The van der Waals surface area contributed by atoms with Gasteiger partial charge in [0, 0.05) is 21.8 Å². The summed E-state index contributed by atoms with van der Waals surface area (Å²) in [5.74, 6) is 0.656. The van der Waals surface area contributed by atoms with Gasteiger partial charge in [0.25, 0.3) is 5.91 Å². The van der Waals surface area contributed by atoms with Gasteiger partial charge in [-0.3, -0.25) is 9.48 Å². The van der Waals surface area contributed by atoms with E-state index in [4.69, 9.17) is 32.7 Å². The lowest BCUT2D eigenvalue weighted by Gasteiger charge is -2.09. The van der Waals surface area contributed by atoms with E-state index in [0.29, 0.717) is 33.7 Å². The summed E-state index contributed by atoms with van der Waals surface area (Å²) in [6, 6.07) is 12.2. The van der Waals surface area contributed by atoms with Gasteiger partial charge in [0.05, 0.1) is 27.0 Å². The lowest BCUT2D eigenvalue weighted by Crippen LogP contribution is -2.18. The minimum absolute atomic E-state index is 0.227. The Morgan fingerprint density at radius 1 is 1.21 bits per heavy atom. The fourth-order valence-corrected chi connectivity index (χ4v) is 3.09. The van der Waals surface area contributed by atoms with E-state index in [1.165, 1.54) is 13.3 Å². The minimum Gasteiger partial charge on any atom is -0.493 e. The van der Waals surface area contributed by atoms with Crippen LogP contribution in [0.25, 0.3) is 0 Å². The second-order valence-corrected chi connectivity index (χ2v) is 6.76. The molecule has 2 aromatic carbocycles. The van der Waals surface area contributed by atoms with E-state index in [1.807, 2.05) is 6.07 Å². The Kier molecular flexibility index (Phi) is 6.74. The van der Waals surface area contributed by atoms with Crippen LogP contribution < -0.4 is 14.9 Å². The molecule has 1 aromatic heterocycles. The highest BCUT2D eigenvalue weighted by atomic mass is 35.5. The number of hydrogen-bond acceptors (Lipinski definition) is 5. The fraction of sp³-hybridized carbons (Fsp3) is 0.150. The van der Waals surface area contributed by atoms with E-state index in [9.17, 15) is 4.79 Å². The van der Waals surface area contributed by atoms with Crippen LogP contribution in [0.1, 0.15) is 21.6 Å². The SMILES string of the molecule is COc1cccc(/C=N/NC(=O)c2ccn(Cc3ccc(Cl)cc3Cl)n2)c1OC. The zero-order valence-electron chi connectivity index (χ0n) is 15.7. The van der Waals surface area contributed by atoms with Crippen molar-refractivity contribution < 1.29 is 14.3 Å². The number of benzene rings is 2. The van der Waals surface area contributed by atoms with Crippen LogP contribution in [-0.2, 0) is 6.54 Å². The summed E-state index contributed by atoms with van der Waals surface area (Å²) in [4.78, 5) is 12.3. The predicted octanol–water partition coefficient (Wildman–Crippen LogP) is 4.02. The molecule has 0 aliphatic rings. The van der Waals surface area contributed by atoms with E-state index in [1.54, 1.807) is 54.4 Å². The third-order valence-electron chi connectivity index (χ3n) is 4.02. The van der Waals surface area contributed by atoms with Crippen molar-refractivity contribution in [1.82, 2.24) is 15.2 Å². The number of carbonyl (C=O) groups excluding carboxylic acids is 1. The minimum atomic E-state index is -0.441. The highest BCUT2D eigenvalue weighted by Gasteiger charge is 2.11. The number of amides is 1. The van der Waals surface area contributed by atoms with Crippen LogP contribution in [0.2, 0.25) is 10.0 Å². The van der Waals surface area contributed by atoms with E-state index in [2.05, 4.69) is 15.6 Å². The van der Waals surface area contributed by atoms with Crippen LogP contribution in [0.5, 0.6) is 11.5 Å². The molecule has 0 aliphatic heterocycles. The number of para-hydroxylation sites is 1. The molecule has 0 radical (unpaired) electrons. The van der Waals surface area contributed by atoms with Crippen molar-refractivity contribution in [3.05, 3.63) is 75.5 Å². The number of nitrogens with one attached hydrogen (secondary N) is 1. The van der Waals surface area contributed by atoms with Crippen molar-refractivity contribution in [1.29, 1.82) is 0 Å². The summed E-state index contributed by atoms with van der Waals surface area (Å²) in [5.41, 5.74) is 4.18. The standard InChI is InChI=1S/C20H18Cl2N4O3/c1-28-18-5-3-4-13(19(18)29-2)11-23-24-20(27)17-8-9-26(25-17)12-14-6-7-15(21)10-16(14)22/h3-11H,12H2,1-2H3,(H,24,27)/b23-11+. The van der Waals surface area contributed by atoms with Crippen molar-refractivity contribution in [2.75, 3.05) is 14.2 Å². The lowest BCUT2D eigenvalue weighted by atomic mass is 10.2. The Hall–Kier alpha value is -3.03. The molecule has 1 heterocycles. The number of halogens is 2. The van der Waals surface area contributed by atoms with E-state index in [-0.39, 0.29) is 5.69 Å². The number of aromatic nitrogens is 2. The van der Waals surface area contributed by atoms with Crippen molar-refractivity contribution >= 4 is 35.3 Å². The molecule has 0 spiro atoms. The van der Waals surface area contributed by atoms with Crippen LogP contribution in [-0.4, -0.2) is 36.1 Å². The van der Waals surface area contributed by atoms with Crippen molar-refractivity contribution in [3.63, 3.8) is 0 Å². The number of nitrogens with zero attached hydrogens (tertiary/aromatic N) is 3. The average Bonchev–Trinajstić information content (AvgIpc) is 3.18. The Balaban J connectivity index is 1.66. The van der Waals surface area contributed by atoms with E-state index in [0.717, 1.165) is 5.56 Å². The van der Waals surface area contributed by atoms with Crippen LogP contribution in [0.3, 0.4) is 0 Å². The maximum Gasteiger partial charge on any atom is 0.291 e. The zero-order chi connectivity index (χ0) is 20.8. The van der Waals surface area contributed by atoms with E-state index < -0.39 is 5.91 Å². The summed E-state index contributed by atoms with van der Waals surface area (Å²) in [6.45, 7) is 0.410. The van der Waals surface area contributed by atoms with Crippen molar-refractivity contribution in [3.8, 4) is 11.5 Å². The van der Waals surface area contributed by atoms with Gasteiger partial charge < -0.3 is 9.47 Å². The summed E-state index contributed by atoms with van der Waals surface area (Å²) in [6.07, 6.45) is 3.17. The van der Waals surface area contributed by atoms with Crippen LogP contribution in [0, 0.1) is 0 Å². The third kappa shape index (κ3) is 5.07. The highest BCUT2D eigenvalue weighted by molar-refractivity contribution is 6.35. The van der Waals surface area contributed by atoms with Gasteiger partial charge in [0.15, 0.2) is 17.2 Å². The molecule has 150 valence electrons. The monoisotopic (exact) mass is 432 g/mol. The number of hydrazone groups is 1. The Morgan fingerprint density at radius 3 is 2.76 bits per heavy atom. The van der Waals surface area contributed by atoms with Gasteiger partial charge in [-0.15, -0.1) is 0 Å². The molecule has 0 fully saturated rings. The second-order valence-electron chi connectivity index (χ2n) is 5.92. The molecular formula is C20H18Cl2N4O3. The summed E-state index contributed by atoms with van der Waals surface area (Å²) < 4.78 is 12.2. The topological polar surface area (TPSA) is 77.7 Å². The predicted molar refractivity (Wildman–Crippen MR) is 112 cm³/mol. The average molecular weight is 433 g/mol. The molecule has 1 amide bonds. The first-order valence-electron chi connectivity index (χ1n) is 8.53. The molecule has 0 atom stereocenters. The van der Waals surface area contributed by atoms with Gasteiger partial charge in [-0.05, 0) is 35.9 Å². The van der Waals surface area contributed by atoms with Crippen LogP contribution in [0.15, 0.2) is 53.8 Å². The van der Waals surface area contributed by atoms with Crippen molar-refractivity contribution in [2.24, 2.45) is 5.10 Å². The second kappa shape index (κ2) is 9.45. The number of carbonyl (C=O) groups is 1. The number of methoxy groups -OCH3 is 2.